The van der Waals surface area contributed by atoms with Crippen molar-refractivity contribution in [3.63, 3.8) is 0 Å². The smallest absolute Gasteiger partial charge is 0.0672 e. The zero-order valence-corrected chi connectivity index (χ0v) is 27.7. The number of hydrogen-bond acceptors (Lipinski definition) is 2. The van der Waals surface area contributed by atoms with Crippen LogP contribution in [0.25, 0.3) is 39.1 Å². The largest absolute Gasteiger partial charge is 0.398 e. The van der Waals surface area contributed by atoms with E-state index in [1.807, 2.05) is 42.5 Å². The van der Waals surface area contributed by atoms with E-state index in [-0.39, 0.29) is 5.41 Å². The molecule has 2 nitrogen and oxygen atoms in total. The van der Waals surface area contributed by atoms with E-state index in [9.17, 15) is 0 Å². The molecule has 0 saturated carbocycles. The summed E-state index contributed by atoms with van der Waals surface area (Å²) in [6.07, 6.45) is 1.97. The minimum absolute atomic E-state index is 0.0936. The van der Waals surface area contributed by atoms with Crippen molar-refractivity contribution in [3.8, 4) is 33.4 Å². The molecule has 2 N–H and O–H groups in total. The number of nitrogens with zero attached hydrogens (tertiary/aromatic N) is 1. The van der Waals surface area contributed by atoms with E-state index in [1.165, 1.54) is 33.4 Å². The Hall–Kier alpha value is -5.18. The minimum atomic E-state index is -0.0936. The van der Waals surface area contributed by atoms with Gasteiger partial charge < -0.3 is 5.73 Å². The highest BCUT2D eigenvalue weighted by Crippen LogP contribution is 2.50. The van der Waals surface area contributed by atoms with Gasteiger partial charge in [0.15, 0.2) is 0 Å². The van der Waals surface area contributed by atoms with Crippen molar-refractivity contribution in [2.75, 3.05) is 0 Å². The number of fused-ring (bicyclic) bond motifs is 3. The summed E-state index contributed by atoms with van der Waals surface area (Å²) in [6.45, 7) is 7.33. The number of nitrogens with two attached hydrogens (primary N) is 1. The number of aryl methyl sites for hydroxylation is 1. The summed E-state index contributed by atoms with van der Waals surface area (Å²) >= 11 is 6.85. The number of halogens is 1. The number of benzene rings is 6. The standard InChI is InChI=1S/C44H37ClN2/c1-29-14-20-38-39-21-19-34(26-41(39)44(2,3)40(38)22-29)35-23-36(25-37(45)24-35)43(47-28-30-10-6-4-7-11-30)27-42(46)33-17-15-32(16-18-33)31-12-8-5-9-13-31/h4-27H,28,46H2,1-3H3/b42-27-,47-43?. The van der Waals surface area contributed by atoms with Crippen LogP contribution >= 0.6 is 11.6 Å². The van der Waals surface area contributed by atoms with Crippen LogP contribution in [0, 0.1) is 6.92 Å². The van der Waals surface area contributed by atoms with Crippen molar-refractivity contribution in [2.24, 2.45) is 10.7 Å². The minimum Gasteiger partial charge on any atom is -0.398 e. The summed E-state index contributed by atoms with van der Waals surface area (Å²) < 4.78 is 0. The zero-order chi connectivity index (χ0) is 32.5. The van der Waals surface area contributed by atoms with Gasteiger partial charge in [0, 0.05) is 21.7 Å². The Morgan fingerprint density at radius 3 is 1.98 bits per heavy atom. The Kier molecular flexibility index (Phi) is 8.14. The second-order valence-corrected chi connectivity index (χ2v) is 13.3. The fraction of sp³-hybridized carbons (Fsp3) is 0.114. The first-order valence-corrected chi connectivity index (χ1v) is 16.4. The summed E-state index contributed by atoms with van der Waals surface area (Å²) in [5, 5.41) is 0.655. The van der Waals surface area contributed by atoms with Gasteiger partial charge in [-0.1, -0.05) is 146 Å². The molecule has 0 heterocycles. The highest BCUT2D eigenvalue weighted by molar-refractivity contribution is 6.31. The fourth-order valence-corrected chi connectivity index (χ4v) is 6.87. The first kappa shape index (κ1) is 30.5. The number of aliphatic imine (C=N–C) groups is 1. The van der Waals surface area contributed by atoms with Gasteiger partial charge in [0.05, 0.1) is 12.3 Å². The van der Waals surface area contributed by atoms with Gasteiger partial charge in [-0.2, -0.15) is 0 Å². The summed E-state index contributed by atoms with van der Waals surface area (Å²) in [4.78, 5) is 5.09. The van der Waals surface area contributed by atoms with Crippen LogP contribution in [0.3, 0.4) is 0 Å². The van der Waals surface area contributed by atoms with Gasteiger partial charge in [-0.15, -0.1) is 0 Å². The molecule has 0 fully saturated rings. The Bertz CT molecular complexity index is 2140. The Morgan fingerprint density at radius 2 is 1.26 bits per heavy atom. The molecule has 0 aliphatic heterocycles. The molecule has 0 unspecified atom stereocenters. The molecule has 0 atom stereocenters. The van der Waals surface area contributed by atoms with Crippen LogP contribution < -0.4 is 5.73 Å². The average molecular weight is 629 g/mol. The third-order valence-electron chi connectivity index (χ3n) is 9.25. The summed E-state index contributed by atoms with van der Waals surface area (Å²) in [5.74, 6) is 0. The van der Waals surface area contributed by atoms with Crippen LogP contribution in [-0.4, -0.2) is 5.71 Å². The van der Waals surface area contributed by atoms with Gasteiger partial charge in [-0.3, -0.25) is 4.99 Å². The molecule has 6 aromatic carbocycles. The predicted molar refractivity (Wildman–Crippen MR) is 200 cm³/mol. The van der Waals surface area contributed by atoms with Gasteiger partial charge in [0.25, 0.3) is 0 Å². The maximum absolute atomic E-state index is 6.85. The topological polar surface area (TPSA) is 38.4 Å². The maximum Gasteiger partial charge on any atom is 0.0672 e. The molecule has 47 heavy (non-hydrogen) atoms. The van der Waals surface area contributed by atoms with Gasteiger partial charge in [-0.25, -0.2) is 0 Å². The van der Waals surface area contributed by atoms with Crippen molar-refractivity contribution >= 4 is 23.0 Å². The maximum atomic E-state index is 6.85. The third kappa shape index (κ3) is 6.17. The molecule has 0 aromatic heterocycles. The quantitative estimate of drug-likeness (QED) is 0.175. The van der Waals surface area contributed by atoms with E-state index in [0.717, 1.165) is 39.1 Å². The molecule has 0 spiro atoms. The Morgan fingerprint density at radius 1 is 0.638 bits per heavy atom. The van der Waals surface area contributed by atoms with E-state index in [2.05, 4.69) is 124 Å². The van der Waals surface area contributed by atoms with Crippen LogP contribution in [0.1, 0.15) is 47.2 Å². The highest BCUT2D eigenvalue weighted by atomic mass is 35.5. The lowest BCUT2D eigenvalue weighted by Crippen LogP contribution is -2.15. The Labute approximate surface area is 282 Å². The molecule has 0 bridgehead atoms. The van der Waals surface area contributed by atoms with E-state index in [4.69, 9.17) is 22.3 Å². The normalized spacial score (nSPS) is 13.7. The number of allylic oxidation sites excluding steroid dienone is 1. The first-order chi connectivity index (χ1) is 22.8. The van der Waals surface area contributed by atoms with Gasteiger partial charge in [0.2, 0.25) is 0 Å². The van der Waals surface area contributed by atoms with E-state index < -0.39 is 0 Å². The first-order valence-electron chi connectivity index (χ1n) is 16.0. The second-order valence-electron chi connectivity index (χ2n) is 12.9. The monoisotopic (exact) mass is 628 g/mol. The van der Waals surface area contributed by atoms with Crippen molar-refractivity contribution < 1.29 is 0 Å². The molecule has 7 rings (SSSR count). The van der Waals surface area contributed by atoms with Crippen molar-refractivity contribution in [3.05, 3.63) is 184 Å². The van der Waals surface area contributed by atoms with Crippen molar-refractivity contribution in [1.29, 1.82) is 0 Å². The van der Waals surface area contributed by atoms with E-state index in [1.54, 1.807) is 0 Å². The fourth-order valence-electron chi connectivity index (χ4n) is 6.63. The van der Waals surface area contributed by atoms with Crippen LogP contribution in [0.5, 0.6) is 0 Å². The van der Waals surface area contributed by atoms with Crippen molar-refractivity contribution in [2.45, 2.75) is 32.7 Å². The van der Waals surface area contributed by atoms with Gasteiger partial charge >= 0.3 is 0 Å². The summed E-state index contributed by atoms with van der Waals surface area (Å²) in [6, 6.07) is 48.8. The van der Waals surface area contributed by atoms with Gasteiger partial charge in [-0.05, 0) is 92.9 Å². The summed E-state index contributed by atoms with van der Waals surface area (Å²) in [7, 11) is 0. The predicted octanol–water partition coefficient (Wildman–Crippen LogP) is 11.3. The molecule has 0 saturated heterocycles. The SMILES string of the molecule is Cc1ccc2c(c1)C(C)(C)c1cc(-c3cc(Cl)cc(C(/C=C(\N)c4ccc(-c5ccccc5)cc4)=NCc4ccccc4)c3)ccc1-2. The lowest BCUT2D eigenvalue weighted by Gasteiger charge is -2.22. The average Bonchev–Trinajstić information content (AvgIpc) is 3.32. The molecule has 3 heteroatoms. The Balaban J connectivity index is 1.27. The number of hydrogen-bond donors (Lipinski definition) is 1. The van der Waals surface area contributed by atoms with Crippen LogP contribution in [-0.2, 0) is 12.0 Å². The molecular weight excluding hydrogens is 592 g/mol. The van der Waals surface area contributed by atoms with Gasteiger partial charge in [0.1, 0.15) is 0 Å². The third-order valence-corrected chi connectivity index (χ3v) is 9.47. The molecule has 230 valence electrons. The lowest BCUT2D eigenvalue weighted by molar-refractivity contribution is 0.660. The van der Waals surface area contributed by atoms with E-state index in [0.29, 0.717) is 17.3 Å². The molecular formula is C44H37ClN2. The molecule has 1 aliphatic rings. The molecule has 6 aromatic rings. The lowest BCUT2D eigenvalue weighted by atomic mass is 9.81. The van der Waals surface area contributed by atoms with Crippen LogP contribution in [0.2, 0.25) is 5.02 Å². The van der Waals surface area contributed by atoms with E-state index >= 15 is 0 Å². The van der Waals surface area contributed by atoms with Crippen LogP contribution in [0.15, 0.2) is 151 Å². The second kappa shape index (κ2) is 12.5. The van der Waals surface area contributed by atoms with Crippen molar-refractivity contribution in [1.82, 2.24) is 0 Å². The molecule has 1 aliphatic carbocycles. The summed E-state index contributed by atoms with van der Waals surface area (Å²) in [5.41, 5.74) is 22.2. The molecule has 0 amide bonds. The number of rotatable bonds is 7. The molecule has 0 radical (unpaired) electrons. The zero-order valence-electron chi connectivity index (χ0n) is 27.0. The highest BCUT2D eigenvalue weighted by Gasteiger charge is 2.35. The van der Waals surface area contributed by atoms with Crippen LogP contribution in [0.4, 0.5) is 0 Å².